The van der Waals surface area contributed by atoms with Gasteiger partial charge in [0.25, 0.3) is 0 Å². The molecule has 2 N–H and O–H groups in total. The zero-order valence-corrected chi connectivity index (χ0v) is 9.37. The lowest BCUT2D eigenvalue weighted by Gasteiger charge is -2.07. The van der Waals surface area contributed by atoms with Crippen LogP contribution in [0.5, 0.6) is 0 Å². The summed E-state index contributed by atoms with van der Waals surface area (Å²) in [4.78, 5) is 0. The average Bonchev–Trinajstić information content (AvgIpc) is 2.55. The molecule has 0 aliphatic heterocycles. The van der Waals surface area contributed by atoms with Crippen LogP contribution in [0, 0.1) is 0 Å². The summed E-state index contributed by atoms with van der Waals surface area (Å²) in [6.07, 6.45) is 2.01. The van der Waals surface area contributed by atoms with Gasteiger partial charge in [0.2, 0.25) is 0 Å². The predicted molar refractivity (Wildman–Crippen MR) is 58.5 cm³/mol. The minimum atomic E-state index is -0.890. The van der Waals surface area contributed by atoms with E-state index in [2.05, 4.69) is 6.92 Å². The molecular weight excluding hydrogens is 202 g/mol. The zero-order valence-electron chi connectivity index (χ0n) is 7.73. The van der Waals surface area contributed by atoms with Crippen LogP contribution in [0.1, 0.15) is 19.8 Å². The Labute approximate surface area is 85.6 Å². The molecule has 2 unspecified atom stereocenters. The number of hydrogen-bond donors (Lipinski definition) is 1. The van der Waals surface area contributed by atoms with Gasteiger partial charge in [-0.3, -0.25) is 4.21 Å². The second kappa shape index (κ2) is 5.52. The summed E-state index contributed by atoms with van der Waals surface area (Å²) in [6.45, 7) is 2.09. The van der Waals surface area contributed by atoms with Crippen molar-refractivity contribution in [3.63, 3.8) is 0 Å². The molecule has 0 amide bonds. The standard InChI is InChI=1S/C9H15NOS2/c1-2-4-8(10)7-13(11)9-5-3-6-12-9/h3,5-6,8H,2,4,7,10H2,1H3. The molecular formula is C9H15NOS2. The Morgan fingerprint density at radius 3 is 3.00 bits per heavy atom. The Bertz CT molecular complexity index is 259. The van der Waals surface area contributed by atoms with Gasteiger partial charge in [0.15, 0.2) is 0 Å². The van der Waals surface area contributed by atoms with Gasteiger partial charge in [-0.15, -0.1) is 11.3 Å². The maximum Gasteiger partial charge on any atom is 0.0911 e. The first-order chi connectivity index (χ1) is 6.24. The van der Waals surface area contributed by atoms with Gasteiger partial charge < -0.3 is 5.73 Å². The highest BCUT2D eigenvalue weighted by Gasteiger charge is 2.09. The van der Waals surface area contributed by atoms with Crippen molar-refractivity contribution in [2.45, 2.75) is 30.0 Å². The molecule has 0 aliphatic rings. The molecule has 0 spiro atoms. The first-order valence-electron chi connectivity index (χ1n) is 4.41. The lowest BCUT2D eigenvalue weighted by molar-refractivity contribution is 0.639. The quantitative estimate of drug-likeness (QED) is 0.819. The highest BCUT2D eigenvalue weighted by Crippen LogP contribution is 2.14. The lowest BCUT2D eigenvalue weighted by Crippen LogP contribution is -2.26. The molecule has 0 fully saturated rings. The van der Waals surface area contributed by atoms with Crippen LogP contribution >= 0.6 is 11.3 Å². The van der Waals surface area contributed by atoms with Crippen LogP contribution in [0.3, 0.4) is 0 Å². The fourth-order valence-corrected chi connectivity index (χ4v) is 3.32. The van der Waals surface area contributed by atoms with Crippen molar-refractivity contribution >= 4 is 22.1 Å². The minimum absolute atomic E-state index is 0.0768. The van der Waals surface area contributed by atoms with E-state index in [1.807, 2.05) is 17.5 Å². The van der Waals surface area contributed by atoms with Crippen molar-refractivity contribution in [2.24, 2.45) is 5.73 Å². The van der Waals surface area contributed by atoms with Gasteiger partial charge in [0.1, 0.15) is 0 Å². The summed E-state index contributed by atoms with van der Waals surface area (Å²) in [6, 6.07) is 3.90. The third kappa shape index (κ3) is 3.58. The molecule has 2 nitrogen and oxygen atoms in total. The van der Waals surface area contributed by atoms with E-state index in [1.165, 1.54) is 11.3 Å². The third-order valence-corrected chi connectivity index (χ3v) is 4.57. The molecule has 13 heavy (non-hydrogen) atoms. The van der Waals surface area contributed by atoms with Crippen LogP contribution in [-0.4, -0.2) is 16.0 Å². The lowest BCUT2D eigenvalue weighted by atomic mass is 10.2. The van der Waals surface area contributed by atoms with Crippen molar-refractivity contribution < 1.29 is 4.21 Å². The van der Waals surface area contributed by atoms with E-state index < -0.39 is 10.8 Å². The zero-order chi connectivity index (χ0) is 9.68. The van der Waals surface area contributed by atoms with Crippen molar-refractivity contribution in [1.82, 2.24) is 0 Å². The Kier molecular flexibility index (Phi) is 4.62. The monoisotopic (exact) mass is 217 g/mol. The maximum atomic E-state index is 11.6. The molecule has 0 aliphatic carbocycles. The van der Waals surface area contributed by atoms with E-state index in [9.17, 15) is 4.21 Å². The summed E-state index contributed by atoms with van der Waals surface area (Å²) in [7, 11) is -0.890. The Morgan fingerprint density at radius 1 is 1.69 bits per heavy atom. The van der Waals surface area contributed by atoms with Crippen LogP contribution in [-0.2, 0) is 10.8 Å². The first kappa shape index (κ1) is 10.9. The molecule has 1 aromatic rings. The van der Waals surface area contributed by atoms with Crippen molar-refractivity contribution in [2.75, 3.05) is 5.75 Å². The second-order valence-electron chi connectivity index (χ2n) is 2.99. The average molecular weight is 217 g/mol. The largest absolute Gasteiger partial charge is 0.327 e. The van der Waals surface area contributed by atoms with E-state index >= 15 is 0 Å². The fraction of sp³-hybridized carbons (Fsp3) is 0.556. The Morgan fingerprint density at radius 2 is 2.46 bits per heavy atom. The van der Waals surface area contributed by atoms with Crippen molar-refractivity contribution in [3.05, 3.63) is 17.5 Å². The number of rotatable bonds is 5. The van der Waals surface area contributed by atoms with Crippen LogP contribution in [0.4, 0.5) is 0 Å². The maximum absolute atomic E-state index is 11.6. The molecule has 0 bridgehead atoms. The summed E-state index contributed by atoms with van der Waals surface area (Å²) in [5.74, 6) is 0.592. The van der Waals surface area contributed by atoms with Crippen LogP contribution in [0.25, 0.3) is 0 Å². The molecule has 0 aromatic carbocycles. The molecule has 0 saturated carbocycles. The van der Waals surface area contributed by atoms with E-state index in [-0.39, 0.29) is 6.04 Å². The number of hydrogen-bond acceptors (Lipinski definition) is 3. The smallest absolute Gasteiger partial charge is 0.0911 e. The SMILES string of the molecule is CCCC(N)CS(=O)c1cccs1. The van der Waals surface area contributed by atoms with E-state index in [0.717, 1.165) is 17.1 Å². The summed E-state index contributed by atoms with van der Waals surface area (Å²) in [5, 5.41) is 1.94. The predicted octanol–water partition coefficient (Wildman–Crippen LogP) is 1.98. The van der Waals surface area contributed by atoms with Gasteiger partial charge in [-0.2, -0.15) is 0 Å². The van der Waals surface area contributed by atoms with Crippen LogP contribution < -0.4 is 5.73 Å². The van der Waals surface area contributed by atoms with Crippen LogP contribution in [0.15, 0.2) is 21.7 Å². The molecule has 0 saturated heterocycles. The van der Waals surface area contributed by atoms with E-state index in [1.54, 1.807) is 0 Å². The van der Waals surface area contributed by atoms with Crippen molar-refractivity contribution in [1.29, 1.82) is 0 Å². The molecule has 1 heterocycles. The first-order valence-corrected chi connectivity index (χ1v) is 6.61. The molecule has 1 aromatic heterocycles. The number of thiophene rings is 1. The summed E-state index contributed by atoms with van der Waals surface area (Å²) < 4.78 is 12.6. The van der Waals surface area contributed by atoms with E-state index in [0.29, 0.717) is 5.75 Å². The van der Waals surface area contributed by atoms with E-state index in [4.69, 9.17) is 5.73 Å². The van der Waals surface area contributed by atoms with Gasteiger partial charge in [-0.05, 0) is 17.9 Å². The van der Waals surface area contributed by atoms with Gasteiger partial charge in [-0.25, -0.2) is 0 Å². The minimum Gasteiger partial charge on any atom is -0.327 e. The second-order valence-corrected chi connectivity index (χ2v) is 5.66. The highest BCUT2D eigenvalue weighted by atomic mass is 32.2. The molecule has 4 heteroatoms. The van der Waals surface area contributed by atoms with Gasteiger partial charge in [-0.1, -0.05) is 19.4 Å². The molecule has 74 valence electrons. The Balaban J connectivity index is 2.42. The summed E-state index contributed by atoms with van der Waals surface area (Å²) in [5.41, 5.74) is 5.80. The fourth-order valence-electron chi connectivity index (χ4n) is 1.12. The highest BCUT2D eigenvalue weighted by molar-refractivity contribution is 7.87. The topological polar surface area (TPSA) is 43.1 Å². The normalized spacial score (nSPS) is 15.5. The van der Waals surface area contributed by atoms with Crippen molar-refractivity contribution in [3.8, 4) is 0 Å². The Hall–Kier alpha value is -0.190. The van der Waals surface area contributed by atoms with Gasteiger partial charge in [0, 0.05) is 11.8 Å². The molecule has 0 radical (unpaired) electrons. The molecule has 2 atom stereocenters. The van der Waals surface area contributed by atoms with Gasteiger partial charge >= 0.3 is 0 Å². The molecule has 1 rings (SSSR count). The number of nitrogens with two attached hydrogens (primary N) is 1. The van der Waals surface area contributed by atoms with Crippen LogP contribution in [0.2, 0.25) is 0 Å². The van der Waals surface area contributed by atoms with Gasteiger partial charge in [0.05, 0.1) is 15.0 Å². The third-order valence-electron chi connectivity index (χ3n) is 1.74. The summed E-state index contributed by atoms with van der Waals surface area (Å²) >= 11 is 1.54.